The van der Waals surface area contributed by atoms with E-state index in [1.165, 1.54) is 47.3 Å². The summed E-state index contributed by atoms with van der Waals surface area (Å²) in [6.45, 7) is 7.50. The van der Waals surface area contributed by atoms with Crippen molar-refractivity contribution < 1.29 is 13.2 Å². The number of aromatic nitrogens is 2. The largest absolute Gasteiger partial charge is 0.491 e. The van der Waals surface area contributed by atoms with Crippen LogP contribution in [0, 0.1) is 6.92 Å². The first kappa shape index (κ1) is 34.0. The molecule has 2 heterocycles. The van der Waals surface area contributed by atoms with Crippen LogP contribution < -0.4 is 15.4 Å². The van der Waals surface area contributed by atoms with Crippen LogP contribution in [0.3, 0.4) is 0 Å². The van der Waals surface area contributed by atoms with E-state index < -0.39 is 10.0 Å². The number of hydrogen-bond acceptors (Lipinski definition) is 8. The SMILES string of the molecule is CNc1ncc(Cl)c(Nc2ccccc2S(=O)(=O)N2CCCC2)n1.Cc1ccc(OC(C)C)cc1C1CCC(N(C)C)CC1. The van der Waals surface area contributed by atoms with E-state index in [0.29, 0.717) is 41.5 Å². The predicted molar refractivity (Wildman–Crippen MR) is 180 cm³/mol. The van der Waals surface area contributed by atoms with Gasteiger partial charge in [-0.2, -0.15) is 9.29 Å². The number of aryl methyl sites for hydroxylation is 1. The quantitative estimate of drug-likeness (QED) is 0.256. The summed E-state index contributed by atoms with van der Waals surface area (Å²) in [5, 5.41) is 6.15. The molecule has 1 saturated carbocycles. The number of halogens is 1. The van der Waals surface area contributed by atoms with Gasteiger partial charge in [-0.3, -0.25) is 0 Å². The fourth-order valence-corrected chi connectivity index (χ4v) is 7.68. The van der Waals surface area contributed by atoms with E-state index in [0.717, 1.165) is 24.6 Å². The first-order valence-corrected chi connectivity index (χ1v) is 17.3. The molecule has 2 aromatic carbocycles. The molecule has 5 rings (SSSR count). The van der Waals surface area contributed by atoms with E-state index in [9.17, 15) is 8.42 Å². The van der Waals surface area contributed by atoms with Gasteiger partial charge in [0.2, 0.25) is 16.0 Å². The molecule has 1 aliphatic heterocycles. The molecule has 0 atom stereocenters. The van der Waals surface area contributed by atoms with E-state index in [1.807, 2.05) is 0 Å². The Kier molecular flexibility index (Phi) is 11.9. The third-order valence-electron chi connectivity index (χ3n) is 8.28. The van der Waals surface area contributed by atoms with Crippen LogP contribution in [0.2, 0.25) is 5.02 Å². The standard InChI is InChI=1S/C18H29NO.C15H18ClN5O2S/c1-13(2)20-17-11-6-14(3)18(12-17)15-7-9-16(10-8-15)19(4)5;1-17-15-18-10-11(16)14(20-15)19-12-6-2-3-7-13(12)24(22,23)21-8-4-5-9-21/h6,11-13,15-16H,7-10H2,1-5H3;2-3,6-7,10H,4-5,8-9H2,1H3,(H2,17,18,19,20). The molecule has 2 aliphatic rings. The van der Waals surface area contributed by atoms with Gasteiger partial charge in [0, 0.05) is 26.2 Å². The zero-order chi connectivity index (χ0) is 31.9. The highest BCUT2D eigenvalue weighted by Crippen LogP contribution is 2.37. The average molecular weight is 643 g/mol. The molecule has 1 saturated heterocycles. The Bertz CT molecular complexity index is 1490. The van der Waals surface area contributed by atoms with Gasteiger partial charge in [0.15, 0.2) is 5.82 Å². The van der Waals surface area contributed by atoms with Crippen molar-refractivity contribution in [1.82, 2.24) is 19.2 Å². The van der Waals surface area contributed by atoms with Gasteiger partial charge >= 0.3 is 0 Å². The lowest BCUT2D eigenvalue weighted by Crippen LogP contribution is -2.31. The topological polar surface area (TPSA) is 99.7 Å². The van der Waals surface area contributed by atoms with Crippen molar-refractivity contribution in [2.24, 2.45) is 0 Å². The van der Waals surface area contributed by atoms with Crippen molar-refractivity contribution in [2.75, 3.05) is 44.9 Å². The van der Waals surface area contributed by atoms with E-state index in [2.05, 4.69) is 78.6 Å². The molecule has 44 heavy (non-hydrogen) atoms. The maximum atomic E-state index is 12.9. The third-order valence-corrected chi connectivity index (χ3v) is 10.5. The Morgan fingerprint density at radius 3 is 2.36 bits per heavy atom. The van der Waals surface area contributed by atoms with Gasteiger partial charge < -0.3 is 20.3 Å². The number of rotatable bonds is 9. The monoisotopic (exact) mass is 642 g/mol. The Hall–Kier alpha value is -2.92. The van der Waals surface area contributed by atoms with Crippen LogP contribution in [-0.4, -0.2) is 74.0 Å². The summed E-state index contributed by atoms with van der Waals surface area (Å²) >= 11 is 6.12. The maximum absolute atomic E-state index is 12.9. The van der Waals surface area contributed by atoms with Gasteiger partial charge in [-0.05, 0) is 115 Å². The number of benzene rings is 2. The third kappa shape index (κ3) is 8.62. The van der Waals surface area contributed by atoms with Gasteiger partial charge in [0.1, 0.15) is 15.7 Å². The van der Waals surface area contributed by atoms with Crippen molar-refractivity contribution in [3.8, 4) is 5.75 Å². The summed E-state index contributed by atoms with van der Waals surface area (Å²) in [6.07, 6.45) is 8.70. The Balaban J connectivity index is 0.000000204. The number of anilines is 3. The van der Waals surface area contributed by atoms with Crippen molar-refractivity contribution in [2.45, 2.75) is 82.3 Å². The summed E-state index contributed by atoms with van der Waals surface area (Å²) < 4.78 is 33.1. The lowest BCUT2D eigenvalue weighted by atomic mass is 9.80. The van der Waals surface area contributed by atoms with Crippen molar-refractivity contribution in [1.29, 1.82) is 0 Å². The molecule has 0 spiro atoms. The Labute approximate surface area is 268 Å². The molecule has 1 aromatic heterocycles. The normalized spacial score (nSPS) is 19.0. The maximum Gasteiger partial charge on any atom is 0.245 e. The molecule has 0 unspecified atom stereocenters. The Morgan fingerprint density at radius 1 is 1.05 bits per heavy atom. The van der Waals surface area contributed by atoms with E-state index in [1.54, 1.807) is 31.3 Å². The summed E-state index contributed by atoms with van der Waals surface area (Å²) in [5.74, 6) is 2.47. The lowest BCUT2D eigenvalue weighted by Gasteiger charge is -2.33. The molecule has 240 valence electrons. The second-order valence-corrected chi connectivity index (χ2v) is 14.3. The molecule has 9 nitrogen and oxygen atoms in total. The second kappa shape index (κ2) is 15.4. The van der Waals surface area contributed by atoms with Gasteiger partial charge in [-0.15, -0.1) is 0 Å². The predicted octanol–water partition coefficient (Wildman–Crippen LogP) is 7.07. The zero-order valence-electron chi connectivity index (χ0n) is 26.8. The van der Waals surface area contributed by atoms with Gasteiger partial charge in [-0.25, -0.2) is 13.4 Å². The summed E-state index contributed by atoms with van der Waals surface area (Å²) in [6, 6.07) is 14.1. The highest BCUT2D eigenvalue weighted by atomic mass is 35.5. The minimum Gasteiger partial charge on any atom is -0.491 e. The molecule has 2 N–H and O–H groups in total. The number of ether oxygens (including phenoxy) is 1. The van der Waals surface area contributed by atoms with Crippen LogP contribution in [0.4, 0.5) is 17.5 Å². The molecular weight excluding hydrogens is 596 g/mol. The van der Waals surface area contributed by atoms with Gasteiger partial charge in [-0.1, -0.05) is 29.8 Å². The van der Waals surface area contributed by atoms with Crippen LogP contribution in [0.1, 0.15) is 69.4 Å². The van der Waals surface area contributed by atoms with Crippen molar-refractivity contribution in [3.63, 3.8) is 0 Å². The second-order valence-electron chi connectivity index (χ2n) is 12.0. The minimum atomic E-state index is -3.55. The summed E-state index contributed by atoms with van der Waals surface area (Å²) in [7, 11) is 2.55. The van der Waals surface area contributed by atoms with Crippen LogP contribution in [0.25, 0.3) is 0 Å². The molecule has 2 fully saturated rings. The molecule has 1 aliphatic carbocycles. The van der Waals surface area contributed by atoms with Gasteiger partial charge in [0.05, 0.1) is 18.0 Å². The summed E-state index contributed by atoms with van der Waals surface area (Å²) in [4.78, 5) is 10.8. The molecule has 0 bridgehead atoms. The smallest absolute Gasteiger partial charge is 0.245 e. The first-order valence-electron chi connectivity index (χ1n) is 15.5. The summed E-state index contributed by atoms with van der Waals surface area (Å²) in [5.41, 5.74) is 3.35. The molecule has 11 heteroatoms. The number of sulfonamides is 1. The number of para-hydroxylation sites is 1. The van der Waals surface area contributed by atoms with E-state index in [-0.39, 0.29) is 11.0 Å². The van der Waals surface area contributed by atoms with Crippen LogP contribution >= 0.6 is 11.6 Å². The van der Waals surface area contributed by atoms with E-state index >= 15 is 0 Å². The molecule has 0 radical (unpaired) electrons. The van der Waals surface area contributed by atoms with Crippen molar-refractivity contribution in [3.05, 3.63) is 64.8 Å². The van der Waals surface area contributed by atoms with Gasteiger partial charge in [0.25, 0.3) is 0 Å². The highest BCUT2D eigenvalue weighted by molar-refractivity contribution is 7.89. The first-order chi connectivity index (χ1) is 21.0. The number of nitrogens with one attached hydrogen (secondary N) is 2. The van der Waals surface area contributed by atoms with Crippen LogP contribution in [0.5, 0.6) is 5.75 Å². The zero-order valence-corrected chi connectivity index (χ0v) is 28.4. The van der Waals surface area contributed by atoms with E-state index in [4.69, 9.17) is 16.3 Å². The molecule has 0 amide bonds. The number of hydrogen-bond donors (Lipinski definition) is 2. The molecular formula is C33H47ClN6O3S. The fraction of sp³-hybridized carbons (Fsp3) is 0.515. The average Bonchev–Trinajstić information content (AvgIpc) is 3.56. The minimum absolute atomic E-state index is 0.215. The molecule has 3 aromatic rings. The fourth-order valence-electron chi connectivity index (χ4n) is 5.87. The van der Waals surface area contributed by atoms with Crippen molar-refractivity contribution >= 4 is 39.1 Å². The number of nitrogens with zero attached hydrogens (tertiary/aromatic N) is 4. The lowest BCUT2D eigenvalue weighted by molar-refractivity contribution is 0.215. The van der Waals surface area contributed by atoms with Crippen LogP contribution in [-0.2, 0) is 10.0 Å². The Morgan fingerprint density at radius 2 is 1.73 bits per heavy atom. The van der Waals surface area contributed by atoms with Crippen LogP contribution in [0.15, 0.2) is 53.6 Å². The highest BCUT2D eigenvalue weighted by Gasteiger charge is 2.29.